The van der Waals surface area contributed by atoms with Crippen molar-refractivity contribution in [1.29, 1.82) is 0 Å². The van der Waals surface area contributed by atoms with Gasteiger partial charge >= 0.3 is 0 Å². The molecule has 1 unspecified atom stereocenters. The van der Waals surface area contributed by atoms with Gasteiger partial charge in [-0.2, -0.15) is 12.6 Å². The Balaban J connectivity index is 2.90. The van der Waals surface area contributed by atoms with E-state index in [1.807, 2.05) is 0 Å². The smallest absolute Gasteiger partial charge is 0.273 e. The van der Waals surface area contributed by atoms with Crippen molar-refractivity contribution in [1.82, 2.24) is 0 Å². The summed E-state index contributed by atoms with van der Waals surface area (Å²) in [5.41, 5.74) is 0.0365. The van der Waals surface area contributed by atoms with E-state index in [0.29, 0.717) is 23.9 Å². The average Bonchev–Trinajstić information content (AvgIpc) is 2.37. The number of benzene rings is 1. The molecule has 0 radical (unpaired) electrons. The summed E-state index contributed by atoms with van der Waals surface area (Å²) in [6.07, 6.45) is 0. The number of thiol groups is 1. The van der Waals surface area contributed by atoms with Crippen LogP contribution in [0.1, 0.15) is 20.8 Å². The van der Waals surface area contributed by atoms with Crippen molar-refractivity contribution in [3.8, 4) is 11.5 Å². The fourth-order valence-electron chi connectivity index (χ4n) is 1.66. The van der Waals surface area contributed by atoms with Gasteiger partial charge in [-0.1, -0.05) is 20.8 Å². The van der Waals surface area contributed by atoms with Gasteiger partial charge in [0.25, 0.3) is 5.69 Å². The van der Waals surface area contributed by atoms with Crippen molar-refractivity contribution in [2.24, 2.45) is 11.3 Å². The molecule has 0 aromatic heterocycles. The summed E-state index contributed by atoms with van der Waals surface area (Å²) in [6.45, 7) is 6.77. The van der Waals surface area contributed by atoms with Crippen molar-refractivity contribution >= 4 is 18.3 Å². The maximum Gasteiger partial charge on any atom is 0.273 e. The third-order valence-corrected chi connectivity index (χ3v) is 3.68. The zero-order chi connectivity index (χ0) is 15.3. The van der Waals surface area contributed by atoms with Gasteiger partial charge in [0.2, 0.25) is 0 Å². The molecule has 1 aromatic rings. The Hall–Kier alpha value is -1.43. The first-order chi connectivity index (χ1) is 9.29. The predicted molar refractivity (Wildman–Crippen MR) is 81.9 cm³/mol. The number of non-ortho nitro benzene ring substituents is 1. The monoisotopic (exact) mass is 299 g/mol. The van der Waals surface area contributed by atoms with Crippen molar-refractivity contribution < 1.29 is 14.4 Å². The zero-order valence-electron chi connectivity index (χ0n) is 12.3. The Morgan fingerprint density at radius 1 is 1.35 bits per heavy atom. The lowest BCUT2D eigenvalue weighted by Gasteiger charge is -2.29. The van der Waals surface area contributed by atoms with Crippen molar-refractivity contribution in [2.45, 2.75) is 20.8 Å². The Morgan fingerprint density at radius 3 is 2.45 bits per heavy atom. The van der Waals surface area contributed by atoms with E-state index in [2.05, 4.69) is 33.4 Å². The SMILES string of the molecule is COc1ccc([N+](=O)[O-])cc1OCC(CS)C(C)(C)C. The van der Waals surface area contributed by atoms with E-state index < -0.39 is 4.92 Å². The Labute approximate surface area is 124 Å². The molecular weight excluding hydrogens is 278 g/mol. The highest BCUT2D eigenvalue weighted by atomic mass is 32.1. The van der Waals surface area contributed by atoms with Crippen LogP contribution < -0.4 is 9.47 Å². The molecule has 20 heavy (non-hydrogen) atoms. The average molecular weight is 299 g/mol. The minimum absolute atomic E-state index is 0.0148. The van der Waals surface area contributed by atoms with Crippen LogP contribution in [-0.2, 0) is 0 Å². The van der Waals surface area contributed by atoms with Gasteiger partial charge in [-0.3, -0.25) is 10.1 Å². The minimum Gasteiger partial charge on any atom is -0.493 e. The summed E-state index contributed by atoms with van der Waals surface area (Å²) in [4.78, 5) is 10.4. The largest absolute Gasteiger partial charge is 0.493 e. The van der Waals surface area contributed by atoms with Gasteiger partial charge in [0.05, 0.1) is 24.7 Å². The second-order valence-corrected chi connectivity index (χ2v) is 6.01. The molecule has 5 nitrogen and oxygen atoms in total. The number of ether oxygens (including phenoxy) is 2. The lowest BCUT2D eigenvalue weighted by molar-refractivity contribution is -0.385. The van der Waals surface area contributed by atoms with Gasteiger partial charge < -0.3 is 9.47 Å². The fourth-order valence-corrected chi connectivity index (χ4v) is 2.31. The highest BCUT2D eigenvalue weighted by Gasteiger charge is 2.24. The molecule has 112 valence electrons. The Morgan fingerprint density at radius 2 is 2.00 bits per heavy atom. The van der Waals surface area contributed by atoms with Crippen LogP contribution in [0.2, 0.25) is 0 Å². The predicted octanol–water partition coefficient (Wildman–Crippen LogP) is 3.57. The number of rotatable bonds is 6. The van der Waals surface area contributed by atoms with E-state index >= 15 is 0 Å². The van der Waals surface area contributed by atoms with E-state index in [0.717, 1.165) is 0 Å². The molecule has 6 heteroatoms. The molecule has 0 saturated heterocycles. The lowest BCUT2D eigenvalue weighted by atomic mass is 9.82. The normalized spacial score (nSPS) is 12.8. The molecule has 0 bridgehead atoms. The molecule has 0 heterocycles. The van der Waals surface area contributed by atoms with Crippen LogP contribution in [-0.4, -0.2) is 24.4 Å². The second kappa shape index (κ2) is 6.83. The van der Waals surface area contributed by atoms with Gasteiger partial charge in [0.15, 0.2) is 11.5 Å². The number of nitrogens with zero attached hydrogens (tertiary/aromatic N) is 1. The first-order valence-corrected chi connectivity index (χ1v) is 6.99. The maximum absolute atomic E-state index is 10.8. The summed E-state index contributed by atoms with van der Waals surface area (Å²) < 4.78 is 10.9. The summed E-state index contributed by atoms with van der Waals surface area (Å²) in [5.74, 6) is 1.79. The van der Waals surface area contributed by atoms with Crippen LogP contribution in [0.4, 0.5) is 5.69 Å². The Bertz CT molecular complexity index is 471. The van der Waals surface area contributed by atoms with Gasteiger partial charge in [0.1, 0.15) is 0 Å². The van der Waals surface area contributed by atoms with E-state index in [4.69, 9.17) is 9.47 Å². The van der Waals surface area contributed by atoms with Gasteiger partial charge in [-0.15, -0.1) is 0 Å². The molecular formula is C14H21NO4S. The van der Waals surface area contributed by atoms with Crippen molar-refractivity contribution in [3.05, 3.63) is 28.3 Å². The number of nitro groups is 1. The molecule has 1 rings (SSSR count). The molecule has 0 aliphatic rings. The van der Waals surface area contributed by atoms with Gasteiger partial charge in [-0.05, 0) is 17.2 Å². The maximum atomic E-state index is 10.8. The summed E-state index contributed by atoms with van der Waals surface area (Å²) in [5, 5.41) is 10.8. The van der Waals surface area contributed by atoms with Crippen LogP contribution in [0.25, 0.3) is 0 Å². The van der Waals surface area contributed by atoms with Crippen LogP contribution in [0.5, 0.6) is 11.5 Å². The van der Waals surface area contributed by atoms with Crippen LogP contribution in [0.15, 0.2) is 18.2 Å². The first-order valence-electron chi connectivity index (χ1n) is 6.35. The van der Waals surface area contributed by atoms with Crippen molar-refractivity contribution in [3.63, 3.8) is 0 Å². The molecule has 1 atom stereocenters. The van der Waals surface area contributed by atoms with E-state index in [1.54, 1.807) is 6.07 Å². The van der Waals surface area contributed by atoms with Gasteiger partial charge in [0, 0.05) is 12.0 Å². The van der Waals surface area contributed by atoms with Gasteiger partial charge in [-0.25, -0.2) is 0 Å². The minimum atomic E-state index is -0.452. The van der Waals surface area contributed by atoms with Crippen LogP contribution >= 0.6 is 12.6 Å². The molecule has 0 fully saturated rings. The fraction of sp³-hybridized carbons (Fsp3) is 0.571. The summed E-state index contributed by atoms with van der Waals surface area (Å²) >= 11 is 4.34. The van der Waals surface area contributed by atoms with Crippen LogP contribution in [0, 0.1) is 21.4 Å². The van der Waals surface area contributed by atoms with E-state index in [1.165, 1.54) is 19.2 Å². The lowest BCUT2D eigenvalue weighted by Crippen LogP contribution is -2.28. The molecule has 0 amide bonds. The standard InChI is InChI=1S/C14H21NO4S/c1-14(2,3)10(9-20)8-19-13-7-11(15(16)17)5-6-12(13)18-4/h5-7,10,20H,8-9H2,1-4H3. The quantitative estimate of drug-likeness (QED) is 0.495. The topological polar surface area (TPSA) is 61.6 Å². The van der Waals surface area contributed by atoms with E-state index in [-0.39, 0.29) is 17.0 Å². The summed E-state index contributed by atoms with van der Waals surface area (Å²) in [7, 11) is 1.51. The van der Waals surface area contributed by atoms with Crippen molar-refractivity contribution in [2.75, 3.05) is 19.5 Å². The molecule has 1 aromatic carbocycles. The number of nitro benzene ring substituents is 1. The third-order valence-electron chi connectivity index (χ3n) is 3.24. The highest BCUT2D eigenvalue weighted by Crippen LogP contribution is 2.33. The molecule has 0 aliphatic heterocycles. The summed E-state index contributed by atoms with van der Waals surface area (Å²) in [6, 6.07) is 4.32. The number of methoxy groups -OCH3 is 1. The molecule has 0 N–H and O–H groups in total. The number of hydrogen-bond acceptors (Lipinski definition) is 5. The zero-order valence-corrected chi connectivity index (χ0v) is 13.1. The van der Waals surface area contributed by atoms with Crippen LogP contribution in [0.3, 0.4) is 0 Å². The molecule has 0 aliphatic carbocycles. The molecule has 0 saturated carbocycles. The highest BCUT2D eigenvalue weighted by molar-refractivity contribution is 7.80. The Kier molecular flexibility index (Phi) is 5.68. The number of hydrogen-bond donors (Lipinski definition) is 1. The van der Waals surface area contributed by atoms with E-state index in [9.17, 15) is 10.1 Å². The molecule has 0 spiro atoms. The third kappa shape index (κ3) is 4.30. The first kappa shape index (κ1) is 16.6. The second-order valence-electron chi connectivity index (χ2n) is 5.65.